The molecule has 0 radical (unpaired) electrons. The number of carbonyl (C=O) groups excluding carboxylic acids is 1. The monoisotopic (exact) mass is 381 g/mol. The number of pyridine rings is 1. The van der Waals surface area contributed by atoms with Gasteiger partial charge in [-0.3, -0.25) is 9.78 Å². The molecule has 3 heterocycles. The number of benzene rings is 1. The first kappa shape index (κ1) is 18.9. The van der Waals surface area contributed by atoms with Crippen LogP contribution in [0.25, 0.3) is 0 Å². The van der Waals surface area contributed by atoms with Crippen molar-refractivity contribution in [1.29, 1.82) is 0 Å². The van der Waals surface area contributed by atoms with Gasteiger partial charge in [0.25, 0.3) is 5.91 Å². The van der Waals surface area contributed by atoms with Crippen LogP contribution >= 0.6 is 0 Å². The van der Waals surface area contributed by atoms with E-state index < -0.39 is 6.10 Å². The third kappa shape index (κ3) is 4.03. The van der Waals surface area contributed by atoms with Gasteiger partial charge in [-0.15, -0.1) is 0 Å². The fourth-order valence-electron chi connectivity index (χ4n) is 4.17. The second-order valence-corrected chi connectivity index (χ2v) is 7.70. The molecule has 2 fully saturated rings. The highest BCUT2D eigenvalue weighted by molar-refractivity contribution is 5.95. The molecule has 6 nitrogen and oxygen atoms in total. The smallest absolute Gasteiger partial charge is 0.253 e. The van der Waals surface area contributed by atoms with Gasteiger partial charge in [-0.05, 0) is 54.8 Å². The van der Waals surface area contributed by atoms with Crippen molar-refractivity contribution in [2.24, 2.45) is 5.92 Å². The summed E-state index contributed by atoms with van der Waals surface area (Å²) in [6.45, 7) is 6.25. The molecule has 1 aromatic heterocycles. The standard InChI is InChI=1S/C22H27N3O3/c1-16-12-18(2-3-20(16)24-8-10-28-11-9-24)22(27)25-14-19(21(26)15-25)13-17-4-6-23-7-5-17/h2-7,12,19,21,26H,8-11,13-15H2,1H3/t19-,21-/m1/s1. The Morgan fingerprint density at radius 2 is 1.93 bits per heavy atom. The number of morpholine rings is 1. The van der Waals surface area contributed by atoms with Crippen molar-refractivity contribution in [2.45, 2.75) is 19.4 Å². The van der Waals surface area contributed by atoms with Crippen LogP contribution in [0, 0.1) is 12.8 Å². The molecule has 2 aliphatic heterocycles. The quantitative estimate of drug-likeness (QED) is 0.876. The van der Waals surface area contributed by atoms with E-state index in [9.17, 15) is 9.90 Å². The summed E-state index contributed by atoms with van der Waals surface area (Å²) in [6, 6.07) is 9.84. The molecule has 0 aliphatic carbocycles. The minimum Gasteiger partial charge on any atom is -0.391 e. The second kappa shape index (κ2) is 8.29. The van der Waals surface area contributed by atoms with Gasteiger partial charge in [0.2, 0.25) is 0 Å². The molecule has 1 aromatic carbocycles. The second-order valence-electron chi connectivity index (χ2n) is 7.70. The third-order valence-corrected chi connectivity index (χ3v) is 5.74. The fraction of sp³-hybridized carbons (Fsp3) is 0.455. The molecule has 1 N–H and O–H groups in total. The van der Waals surface area contributed by atoms with Crippen LogP contribution in [0.4, 0.5) is 5.69 Å². The molecule has 2 atom stereocenters. The first-order valence-corrected chi connectivity index (χ1v) is 9.91. The number of rotatable bonds is 4. The fourth-order valence-corrected chi connectivity index (χ4v) is 4.17. The highest BCUT2D eigenvalue weighted by Crippen LogP contribution is 2.26. The number of ether oxygens (including phenoxy) is 1. The number of amides is 1. The van der Waals surface area contributed by atoms with Crippen molar-refractivity contribution >= 4 is 11.6 Å². The Morgan fingerprint density at radius 1 is 1.18 bits per heavy atom. The maximum atomic E-state index is 13.0. The SMILES string of the molecule is Cc1cc(C(=O)N2C[C@@H](Cc3ccncc3)[C@H](O)C2)ccc1N1CCOCC1. The molecule has 148 valence electrons. The number of hydrogen-bond donors (Lipinski definition) is 1. The molecular weight excluding hydrogens is 354 g/mol. The molecule has 1 amide bonds. The van der Waals surface area contributed by atoms with Gasteiger partial charge in [0.15, 0.2) is 0 Å². The van der Waals surface area contributed by atoms with Crippen molar-refractivity contribution in [3.63, 3.8) is 0 Å². The predicted octanol–water partition coefficient (Wildman–Crippen LogP) is 1.90. The van der Waals surface area contributed by atoms with E-state index in [1.807, 2.05) is 37.3 Å². The summed E-state index contributed by atoms with van der Waals surface area (Å²) >= 11 is 0. The number of aliphatic hydroxyl groups is 1. The number of aromatic nitrogens is 1. The van der Waals surface area contributed by atoms with Crippen molar-refractivity contribution in [3.8, 4) is 0 Å². The molecule has 0 saturated carbocycles. The predicted molar refractivity (Wildman–Crippen MR) is 108 cm³/mol. The summed E-state index contributed by atoms with van der Waals surface area (Å²) < 4.78 is 5.42. The lowest BCUT2D eigenvalue weighted by molar-refractivity contribution is 0.0764. The third-order valence-electron chi connectivity index (χ3n) is 5.74. The number of hydrogen-bond acceptors (Lipinski definition) is 5. The number of carbonyl (C=O) groups is 1. The van der Waals surface area contributed by atoms with Crippen LogP contribution in [0.1, 0.15) is 21.5 Å². The Hall–Kier alpha value is -2.44. The molecular formula is C22H27N3O3. The zero-order valence-corrected chi connectivity index (χ0v) is 16.3. The van der Waals surface area contributed by atoms with Crippen molar-refractivity contribution in [1.82, 2.24) is 9.88 Å². The number of anilines is 1. The molecule has 4 rings (SSSR count). The summed E-state index contributed by atoms with van der Waals surface area (Å²) in [5, 5.41) is 10.5. The molecule has 0 bridgehead atoms. The van der Waals surface area contributed by atoms with Gasteiger partial charge in [0.1, 0.15) is 0 Å². The van der Waals surface area contributed by atoms with Gasteiger partial charge in [-0.25, -0.2) is 0 Å². The summed E-state index contributed by atoms with van der Waals surface area (Å²) in [6.07, 6.45) is 3.78. The van der Waals surface area contributed by atoms with Crippen LogP contribution in [0.3, 0.4) is 0 Å². The van der Waals surface area contributed by atoms with E-state index >= 15 is 0 Å². The normalized spacial score (nSPS) is 22.5. The maximum absolute atomic E-state index is 13.0. The summed E-state index contributed by atoms with van der Waals surface area (Å²) in [4.78, 5) is 21.1. The molecule has 28 heavy (non-hydrogen) atoms. The lowest BCUT2D eigenvalue weighted by atomic mass is 9.97. The Morgan fingerprint density at radius 3 is 2.64 bits per heavy atom. The molecule has 2 aromatic rings. The van der Waals surface area contributed by atoms with Crippen LogP contribution in [0.2, 0.25) is 0 Å². The van der Waals surface area contributed by atoms with E-state index in [-0.39, 0.29) is 11.8 Å². The van der Waals surface area contributed by atoms with E-state index in [1.165, 1.54) is 0 Å². The van der Waals surface area contributed by atoms with E-state index in [0.717, 1.165) is 49.5 Å². The lowest BCUT2D eigenvalue weighted by Gasteiger charge is -2.30. The minimum absolute atomic E-state index is 0.00657. The Labute approximate surface area is 165 Å². The van der Waals surface area contributed by atoms with Crippen LogP contribution in [-0.4, -0.2) is 66.4 Å². The Kier molecular flexibility index (Phi) is 5.59. The topological polar surface area (TPSA) is 65.9 Å². The minimum atomic E-state index is -0.495. The molecule has 6 heteroatoms. The lowest BCUT2D eigenvalue weighted by Crippen LogP contribution is -2.36. The van der Waals surface area contributed by atoms with E-state index in [0.29, 0.717) is 18.7 Å². The van der Waals surface area contributed by atoms with Gasteiger partial charge in [-0.1, -0.05) is 0 Å². The van der Waals surface area contributed by atoms with Gasteiger partial charge < -0.3 is 19.6 Å². The highest BCUT2D eigenvalue weighted by atomic mass is 16.5. The summed E-state index contributed by atoms with van der Waals surface area (Å²) in [5.41, 5.74) is 4.09. The Bertz CT molecular complexity index is 821. The first-order valence-electron chi connectivity index (χ1n) is 9.91. The first-order chi connectivity index (χ1) is 13.6. The zero-order chi connectivity index (χ0) is 19.5. The van der Waals surface area contributed by atoms with Crippen LogP contribution in [0.5, 0.6) is 0 Å². The summed E-state index contributed by atoms with van der Waals surface area (Å²) in [5.74, 6) is 0.0491. The van der Waals surface area contributed by atoms with Gasteiger partial charge in [0, 0.05) is 55.7 Å². The average Bonchev–Trinajstić information content (AvgIpc) is 3.09. The van der Waals surface area contributed by atoms with E-state index in [4.69, 9.17) is 4.74 Å². The van der Waals surface area contributed by atoms with Crippen molar-refractivity contribution < 1.29 is 14.6 Å². The largest absolute Gasteiger partial charge is 0.391 e. The van der Waals surface area contributed by atoms with Gasteiger partial charge >= 0.3 is 0 Å². The number of nitrogens with zero attached hydrogens (tertiary/aromatic N) is 3. The molecule has 0 unspecified atom stereocenters. The van der Waals surface area contributed by atoms with E-state index in [2.05, 4.69) is 9.88 Å². The summed E-state index contributed by atoms with van der Waals surface area (Å²) in [7, 11) is 0. The highest BCUT2D eigenvalue weighted by Gasteiger charge is 2.34. The molecule has 2 saturated heterocycles. The van der Waals surface area contributed by atoms with Gasteiger partial charge in [0.05, 0.1) is 19.3 Å². The molecule has 0 spiro atoms. The molecule has 2 aliphatic rings. The maximum Gasteiger partial charge on any atom is 0.253 e. The van der Waals surface area contributed by atoms with Crippen LogP contribution < -0.4 is 4.90 Å². The number of aliphatic hydroxyl groups excluding tert-OH is 1. The van der Waals surface area contributed by atoms with E-state index in [1.54, 1.807) is 17.3 Å². The number of β-amino-alcohol motifs (C(OH)–C–C–N with tert-alkyl or cyclic N) is 1. The van der Waals surface area contributed by atoms with Crippen LogP contribution in [-0.2, 0) is 11.2 Å². The van der Waals surface area contributed by atoms with Crippen molar-refractivity contribution in [2.75, 3.05) is 44.3 Å². The zero-order valence-electron chi connectivity index (χ0n) is 16.3. The van der Waals surface area contributed by atoms with Crippen molar-refractivity contribution in [3.05, 3.63) is 59.4 Å². The average molecular weight is 381 g/mol. The van der Waals surface area contributed by atoms with Gasteiger partial charge in [-0.2, -0.15) is 0 Å². The van der Waals surface area contributed by atoms with Crippen LogP contribution in [0.15, 0.2) is 42.7 Å². The number of likely N-dealkylation sites (tertiary alicyclic amines) is 1. The number of aryl methyl sites for hydroxylation is 1. The Balaban J connectivity index is 1.43.